The number of thiocarbonyl (C=S) groups is 1. The molecule has 0 atom stereocenters. The Morgan fingerprint density at radius 1 is 1.40 bits per heavy atom. The van der Waals surface area contributed by atoms with Crippen molar-refractivity contribution in [2.24, 2.45) is 0 Å². The predicted octanol–water partition coefficient (Wildman–Crippen LogP) is 2.69. The number of amides is 1. The molecule has 0 saturated carbocycles. The van der Waals surface area contributed by atoms with Crippen molar-refractivity contribution in [3.63, 3.8) is 0 Å². The molecule has 5 heteroatoms. The van der Waals surface area contributed by atoms with E-state index < -0.39 is 0 Å². The topological polar surface area (TPSA) is 53.2 Å². The molecule has 0 unspecified atom stereocenters. The minimum Gasteiger partial charge on any atom is -0.359 e. The first-order valence-corrected chi connectivity index (χ1v) is 6.81. The maximum absolute atomic E-state index is 12.1. The lowest BCUT2D eigenvalue weighted by Crippen LogP contribution is -2.40. The number of carbonyl (C=O) groups excluding carboxylic acids is 1. The first kappa shape index (κ1) is 16.2. The molecule has 0 bridgehead atoms. The lowest BCUT2D eigenvalue weighted by molar-refractivity contribution is 0.0919. The van der Waals surface area contributed by atoms with E-state index in [9.17, 15) is 4.79 Å². The van der Waals surface area contributed by atoms with E-state index in [2.05, 4.69) is 22.5 Å². The van der Waals surface area contributed by atoms with Crippen LogP contribution in [0.3, 0.4) is 0 Å². The van der Waals surface area contributed by atoms with Crippen molar-refractivity contribution in [2.75, 3.05) is 11.9 Å². The van der Waals surface area contributed by atoms with Gasteiger partial charge in [0.2, 0.25) is 0 Å². The molecule has 3 N–H and O–H groups in total. The number of anilines is 1. The van der Waals surface area contributed by atoms with Crippen LogP contribution in [-0.4, -0.2) is 23.1 Å². The highest BCUT2D eigenvalue weighted by Crippen LogP contribution is 2.12. The Labute approximate surface area is 125 Å². The Hall–Kier alpha value is -1.88. The van der Waals surface area contributed by atoms with E-state index in [1.807, 2.05) is 32.9 Å². The summed E-state index contributed by atoms with van der Waals surface area (Å²) in [6.45, 7) is 10.0. The van der Waals surface area contributed by atoms with E-state index in [4.69, 9.17) is 12.2 Å². The SMILES string of the molecule is C=CCNC(=S)Nc1cccc(C(=O)NC(C)(C)C)c1. The van der Waals surface area contributed by atoms with E-state index in [1.165, 1.54) is 0 Å². The number of hydrogen-bond donors (Lipinski definition) is 3. The first-order chi connectivity index (χ1) is 9.31. The van der Waals surface area contributed by atoms with Crippen LogP contribution in [0.2, 0.25) is 0 Å². The van der Waals surface area contributed by atoms with Gasteiger partial charge in [-0.2, -0.15) is 0 Å². The lowest BCUT2D eigenvalue weighted by atomic mass is 10.1. The molecule has 1 aromatic carbocycles. The number of carbonyl (C=O) groups is 1. The minimum atomic E-state index is -0.263. The van der Waals surface area contributed by atoms with Gasteiger partial charge >= 0.3 is 0 Å². The average molecular weight is 291 g/mol. The van der Waals surface area contributed by atoms with Gasteiger partial charge in [-0.3, -0.25) is 4.79 Å². The molecule has 0 aliphatic heterocycles. The van der Waals surface area contributed by atoms with Gasteiger partial charge in [0.15, 0.2) is 5.11 Å². The third kappa shape index (κ3) is 5.84. The fourth-order valence-electron chi connectivity index (χ4n) is 1.49. The van der Waals surface area contributed by atoms with Gasteiger partial charge in [-0.25, -0.2) is 0 Å². The van der Waals surface area contributed by atoms with Gasteiger partial charge in [0.25, 0.3) is 5.91 Å². The number of hydrogen-bond acceptors (Lipinski definition) is 2. The summed E-state index contributed by atoms with van der Waals surface area (Å²) in [6, 6.07) is 7.21. The van der Waals surface area contributed by atoms with Crippen LogP contribution < -0.4 is 16.0 Å². The number of rotatable bonds is 4. The van der Waals surface area contributed by atoms with Crippen molar-refractivity contribution < 1.29 is 4.79 Å². The lowest BCUT2D eigenvalue weighted by Gasteiger charge is -2.20. The Morgan fingerprint density at radius 3 is 2.70 bits per heavy atom. The molecule has 0 aliphatic carbocycles. The summed E-state index contributed by atoms with van der Waals surface area (Å²) in [5.41, 5.74) is 1.10. The van der Waals surface area contributed by atoms with Crippen molar-refractivity contribution in [2.45, 2.75) is 26.3 Å². The normalized spacial score (nSPS) is 10.6. The zero-order valence-electron chi connectivity index (χ0n) is 12.1. The van der Waals surface area contributed by atoms with Crippen LogP contribution in [0.4, 0.5) is 5.69 Å². The second kappa shape index (κ2) is 7.05. The maximum Gasteiger partial charge on any atom is 0.251 e. The molecule has 1 rings (SSSR count). The third-order valence-corrected chi connectivity index (χ3v) is 2.52. The summed E-state index contributed by atoms with van der Waals surface area (Å²) in [5, 5.41) is 9.42. The molecule has 4 nitrogen and oxygen atoms in total. The molecule has 0 aliphatic rings. The zero-order valence-corrected chi connectivity index (χ0v) is 12.9. The molecule has 1 amide bonds. The Kier molecular flexibility index (Phi) is 5.70. The fraction of sp³-hybridized carbons (Fsp3) is 0.333. The van der Waals surface area contributed by atoms with Gasteiger partial charge in [-0.15, -0.1) is 6.58 Å². The van der Waals surface area contributed by atoms with Crippen molar-refractivity contribution in [3.05, 3.63) is 42.5 Å². The van der Waals surface area contributed by atoms with E-state index in [1.54, 1.807) is 18.2 Å². The summed E-state index contributed by atoms with van der Waals surface area (Å²) in [5.74, 6) is -0.105. The molecular formula is C15H21N3OS. The second-order valence-electron chi connectivity index (χ2n) is 5.41. The van der Waals surface area contributed by atoms with Crippen molar-refractivity contribution in [1.82, 2.24) is 10.6 Å². The highest BCUT2D eigenvalue weighted by molar-refractivity contribution is 7.80. The second-order valence-corrected chi connectivity index (χ2v) is 5.82. The first-order valence-electron chi connectivity index (χ1n) is 6.40. The van der Waals surface area contributed by atoms with Gasteiger partial charge in [-0.05, 0) is 51.2 Å². The average Bonchev–Trinajstić information content (AvgIpc) is 2.34. The smallest absolute Gasteiger partial charge is 0.251 e. The third-order valence-electron chi connectivity index (χ3n) is 2.28. The van der Waals surface area contributed by atoms with Crippen LogP contribution >= 0.6 is 12.2 Å². The Balaban J connectivity index is 2.73. The largest absolute Gasteiger partial charge is 0.359 e. The van der Waals surface area contributed by atoms with Crippen LogP contribution in [0, 0.1) is 0 Å². The van der Waals surface area contributed by atoms with E-state index in [0.29, 0.717) is 17.2 Å². The standard InChI is InChI=1S/C15H21N3OS/c1-5-9-16-14(20)17-12-8-6-7-11(10-12)13(19)18-15(2,3)4/h5-8,10H,1,9H2,2-4H3,(H,18,19)(H2,16,17,20). The monoisotopic (exact) mass is 291 g/mol. The Bertz CT molecular complexity index is 506. The highest BCUT2D eigenvalue weighted by atomic mass is 32.1. The van der Waals surface area contributed by atoms with E-state index in [0.717, 1.165) is 5.69 Å². The van der Waals surface area contributed by atoms with Crippen molar-refractivity contribution in [3.8, 4) is 0 Å². The van der Waals surface area contributed by atoms with Gasteiger partial charge in [0, 0.05) is 23.3 Å². The van der Waals surface area contributed by atoms with Crippen LogP contribution in [0.25, 0.3) is 0 Å². The molecule has 0 heterocycles. The van der Waals surface area contributed by atoms with Crippen molar-refractivity contribution >= 4 is 28.9 Å². The zero-order chi connectivity index (χ0) is 15.2. The van der Waals surface area contributed by atoms with Gasteiger partial charge < -0.3 is 16.0 Å². The summed E-state index contributed by atoms with van der Waals surface area (Å²) in [4.78, 5) is 12.1. The number of benzene rings is 1. The summed E-state index contributed by atoms with van der Waals surface area (Å²) in [6.07, 6.45) is 1.72. The molecule has 0 spiro atoms. The van der Waals surface area contributed by atoms with E-state index >= 15 is 0 Å². The van der Waals surface area contributed by atoms with Gasteiger partial charge in [0.05, 0.1) is 0 Å². The van der Waals surface area contributed by atoms with E-state index in [-0.39, 0.29) is 11.4 Å². The fourth-order valence-corrected chi connectivity index (χ4v) is 1.69. The minimum absolute atomic E-state index is 0.105. The number of nitrogens with one attached hydrogen (secondary N) is 3. The van der Waals surface area contributed by atoms with Crippen LogP contribution in [0.1, 0.15) is 31.1 Å². The van der Waals surface area contributed by atoms with Gasteiger partial charge in [-0.1, -0.05) is 12.1 Å². The molecule has 20 heavy (non-hydrogen) atoms. The molecule has 0 radical (unpaired) electrons. The summed E-state index contributed by atoms with van der Waals surface area (Å²) < 4.78 is 0. The Morgan fingerprint density at radius 2 is 2.10 bits per heavy atom. The maximum atomic E-state index is 12.1. The molecular weight excluding hydrogens is 270 g/mol. The van der Waals surface area contributed by atoms with Gasteiger partial charge in [0.1, 0.15) is 0 Å². The molecule has 0 aromatic heterocycles. The van der Waals surface area contributed by atoms with Crippen LogP contribution in [-0.2, 0) is 0 Å². The summed E-state index contributed by atoms with van der Waals surface area (Å²) >= 11 is 5.13. The van der Waals surface area contributed by atoms with Crippen LogP contribution in [0.15, 0.2) is 36.9 Å². The molecule has 1 aromatic rings. The highest BCUT2D eigenvalue weighted by Gasteiger charge is 2.15. The van der Waals surface area contributed by atoms with Crippen molar-refractivity contribution in [1.29, 1.82) is 0 Å². The predicted molar refractivity (Wildman–Crippen MR) is 88.1 cm³/mol. The quantitative estimate of drug-likeness (QED) is 0.590. The molecule has 0 fully saturated rings. The summed E-state index contributed by atoms with van der Waals surface area (Å²) in [7, 11) is 0. The van der Waals surface area contributed by atoms with Crippen LogP contribution in [0.5, 0.6) is 0 Å². The molecule has 0 saturated heterocycles. The molecule has 108 valence electrons.